The van der Waals surface area contributed by atoms with Crippen LogP contribution in [-0.4, -0.2) is 50.0 Å². The largest absolute Gasteiger partial charge is 0.352 e. The smallest absolute Gasteiger partial charge is 0.242 e. The number of benzene rings is 2. The quantitative estimate of drug-likeness (QED) is 0.360. The molecule has 0 saturated heterocycles. The van der Waals surface area contributed by atoms with Gasteiger partial charge in [-0.3, -0.25) is 13.9 Å². The van der Waals surface area contributed by atoms with Crippen molar-refractivity contribution in [2.75, 3.05) is 17.1 Å². The molecule has 0 aliphatic heterocycles. The molecule has 2 aromatic carbocycles. The van der Waals surface area contributed by atoms with Crippen LogP contribution in [0.15, 0.2) is 42.5 Å². The number of hydrogen-bond donors (Lipinski definition) is 1. The Balaban J connectivity index is 2.21. The molecule has 2 rings (SSSR count). The maximum Gasteiger partial charge on any atom is 0.242 e. The summed E-state index contributed by atoms with van der Waals surface area (Å²) in [5.41, 5.74) is 1.07. The van der Waals surface area contributed by atoms with E-state index in [-0.39, 0.29) is 43.8 Å². The molecule has 1 N–H and O–H groups in total. The number of anilines is 1. The molecule has 0 bridgehead atoms. The lowest BCUT2D eigenvalue weighted by atomic mass is 10.1. The summed E-state index contributed by atoms with van der Waals surface area (Å²) in [6.07, 6.45) is 2.12. The fourth-order valence-corrected chi connectivity index (χ4v) is 5.13. The van der Waals surface area contributed by atoms with Crippen LogP contribution < -0.4 is 9.62 Å². The molecular weight excluding hydrogens is 545 g/mol. The molecule has 0 spiro atoms. The second-order valence-electron chi connectivity index (χ2n) is 8.67. The van der Waals surface area contributed by atoms with E-state index in [0.29, 0.717) is 26.3 Å². The van der Waals surface area contributed by atoms with E-state index in [2.05, 4.69) is 5.32 Å². The van der Waals surface area contributed by atoms with E-state index < -0.39 is 16.1 Å². The van der Waals surface area contributed by atoms with Crippen LogP contribution in [0.2, 0.25) is 15.1 Å². The van der Waals surface area contributed by atoms with Gasteiger partial charge in [0.2, 0.25) is 21.8 Å². The van der Waals surface area contributed by atoms with E-state index >= 15 is 0 Å². The van der Waals surface area contributed by atoms with E-state index in [9.17, 15) is 18.0 Å². The van der Waals surface area contributed by atoms with Crippen LogP contribution in [0, 0.1) is 0 Å². The standard InChI is InChI=1S/C25H32Cl3N3O4S/c1-5-17(2)29-25(33)18(3)30(16-19-11-12-21(27)15-23(19)28)24(32)10-7-13-31(36(4,34)35)22-9-6-8-20(26)14-22/h6,8-9,11-12,14-15,17-18H,5,7,10,13,16H2,1-4H3,(H,29,33)/t17-,18+/m1/s1. The van der Waals surface area contributed by atoms with Crippen molar-refractivity contribution in [3.63, 3.8) is 0 Å². The molecule has 2 aromatic rings. The number of nitrogens with one attached hydrogen (secondary N) is 1. The predicted molar refractivity (Wildman–Crippen MR) is 147 cm³/mol. The zero-order valence-corrected chi connectivity index (χ0v) is 23.9. The van der Waals surface area contributed by atoms with Crippen molar-refractivity contribution < 1.29 is 18.0 Å². The van der Waals surface area contributed by atoms with Gasteiger partial charge in [0.15, 0.2) is 0 Å². The molecule has 0 aliphatic rings. The van der Waals surface area contributed by atoms with Crippen molar-refractivity contribution in [3.05, 3.63) is 63.1 Å². The molecule has 0 aliphatic carbocycles. The number of amides is 2. The van der Waals surface area contributed by atoms with Crippen LogP contribution in [0.1, 0.15) is 45.6 Å². The number of hydrogen-bond acceptors (Lipinski definition) is 4. The topological polar surface area (TPSA) is 86.8 Å². The minimum absolute atomic E-state index is 0.0265. The van der Waals surface area contributed by atoms with Crippen LogP contribution >= 0.6 is 34.8 Å². The maximum absolute atomic E-state index is 13.3. The maximum atomic E-state index is 13.3. The Kier molecular flexibility index (Phi) is 11.3. The van der Waals surface area contributed by atoms with Crippen LogP contribution in [0.25, 0.3) is 0 Å². The van der Waals surface area contributed by atoms with Gasteiger partial charge >= 0.3 is 0 Å². The van der Waals surface area contributed by atoms with Crippen molar-refractivity contribution >= 4 is 62.3 Å². The molecule has 0 radical (unpaired) electrons. The highest BCUT2D eigenvalue weighted by Crippen LogP contribution is 2.25. The number of carbonyl (C=O) groups is 2. The Labute approximate surface area is 228 Å². The molecule has 2 amide bonds. The van der Waals surface area contributed by atoms with Gasteiger partial charge < -0.3 is 10.2 Å². The van der Waals surface area contributed by atoms with Crippen LogP contribution in [0.5, 0.6) is 0 Å². The summed E-state index contributed by atoms with van der Waals surface area (Å²) < 4.78 is 26.0. The van der Waals surface area contributed by atoms with E-state index in [1.165, 1.54) is 9.21 Å². The average molecular weight is 577 g/mol. The van der Waals surface area contributed by atoms with E-state index in [0.717, 1.165) is 12.7 Å². The van der Waals surface area contributed by atoms with Crippen molar-refractivity contribution in [2.45, 2.75) is 58.7 Å². The first-order valence-corrected chi connectivity index (χ1v) is 14.6. The Morgan fingerprint density at radius 1 is 1.03 bits per heavy atom. The molecule has 0 unspecified atom stereocenters. The minimum atomic E-state index is -3.60. The van der Waals surface area contributed by atoms with Gasteiger partial charge in [0.1, 0.15) is 6.04 Å². The number of halogens is 3. The van der Waals surface area contributed by atoms with E-state index in [1.807, 2.05) is 13.8 Å². The van der Waals surface area contributed by atoms with Gasteiger partial charge in [-0.25, -0.2) is 8.42 Å². The molecule has 198 valence electrons. The summed E-state index contributed by atoms with van der Waals surface area (Å²) in [4.78, 5) is 27.7. The monoisotopic (exact) mass is 575 g/mol. The van der Waals surface area contributed by atoms with Crippen molar-refractivity contribution in [1.82, 2.24) is 10.2 Å². The highest BCUT2D eigenvalue weighted by atomic mass is 35.5. The Morgan fingerprint density at radius 2 is 1.69 bits per heavy atom. The number of carbonyl (C=O) groups excluding carboxylic acids is 2. The molecule has 11 heteroatoms. The van der Waals surface area contributed by atoms with Gasteiger partial charge in [-0.1, -0.05) is 53.9 Å². The lowest BCUT2D eigenvalue weighted by Crippen LogP contribution is -2.49. The molecule has 0 aromatic heterocycles. The normalized spacial score (nSPS) is 13.1. The highest BCUT2D eigenvalue weighted by molar-refractivity contribution is 7.92. The average Bonchev–Trinajstić information content (AvgIpc) is 2.79. The van der Waals surface area contributed by atoms with Crippen molar-refractivity contribution in [2.24, 2.45) is 0 Å². The summed E-state index contributed by atoms with van der Waals surface area (Å²) in [5.74, 6) is -0.577. The predicted octanol–water partition coefficient (Wildman–Crippen LogP) is 5.53. The van der Waals surface area contributed by atoms with Crippen molar-refractivity contribution in [3.8, 4) is 0 Å². The van der Waals surface area contributed by atoms with Crippen LogP contribution in [-0.2, 0) is 26.2 Å². The summed E-state index contributed by atoms with van der Waals surface area (Å²) in [6, 6.07) is 10.7. The summed E-state index contributed by atoms with van der Waals surface area (Å²) in [6.45, 7) is 5.69. The van der Waals surface area contributed by atoms with Crippen LogP contribution in [0.3, 0.4) is 0 Å². The zero-order valence-electron chi connectivity index (χ0n) is 20.8. The molecule has 0 saturated carbocycles. The second-order valence-corrected chi connectivity index (χ2v) is 11.9. The number of nitrogens with zero attached hydrogens (tertiary/aromatic N) is 2. The van der Waals surface area contributed by atoms with E-state index in [1.54, 1.807) is 49.4 Å². The van der Waals surface area contributed by atoms with Crippen LogP contribution in [0.4, 0.5) is 5.69 Å². The molecule has 7 nitrogen and oxygen atoms in total. The molecule has 2 atom stereocenters. The lowest BCUT2D eigenvalue weighted by Gasteiger charge is -2.30. The zero-order chi connectivity index (χ0) is 27.0. The Morgan fingerprint density at radius 3 is 2.28 bits per heavy atom. The minimum Gasteiger partial charge on any atom is -0.352 e. The third-order valence-electron chi connectivity index (χ3n) is 5.77. The summed E-state index contributed by atoms with van der Waals surface area (Å²) in [5, 5.41) is 4.17. The molecule has 0 heterocycles. The first-order chi connectivity index (χ1) is 16.8. The molecule has 0 fully saturated rings. The van der Waals surface area contributed by atoms with Gasteiger partial charge in [-0.05, 0) is 62.6 Å². The van der Waals surface area contributed by atoms with Crippen molar-refractivity contribution in [1.29, 1.82) is 0 Å². The third kappa shape index (κ3) is 8.83. The SMILES string of the molecule is CC[C@@H](C)NC(=O)[C@H](C)N(Cc1ccc(Cl)cc1Cl)C(=O)CCCN(c1cccc(Cl)c1)S(C)(=O)=O. The van der Waals surface area contributed by atoms with Gasteiger partial charge in [0.25, 0.3) is 0 Å². The lowest BCUT2D eigenvalue weighted by molar-refractivity contribution is -0.140. The molecular formula is C25H32Cl3N3O4S. The fraction of sp³-hybridized carbons (Fsp3) is 0.440. The Hall–Kier alpha value is -2.00. The highest BCUT2D eigenvalue weighted by Gasteiger charge is 2.28. The summed E-state index contributed by atoms with van der Waals surface area (Å²) >= 11 is 18.4. The van der Waals surface area contributed by atoms with Gasteiger partial charge in [0, 0.05) is 40.6 Å². The first-order valence-electron chi connectivity index (χ1n) is 11.6. The van der Waals surface area contributed by atoms with Gasteiger partial charge in [0.05, 0.1) is 11.9 Å². The van der Waals surface area contributed by atoms with Gasteiger partial charge in [-0.2, -0.15) is 0 Å². The number of rotatable bonds is 12. The fourth-order valence-electron chi connectivity index (χ4n) is 3.52. The first kappa shape index (κ1) is 30.2. The Bertz CT molecular complexity index is 1180. The molecule has 36 heavy (non-hydrogen) atoms. The van der Waals surface area contributed by atoms with E-state index in [4.69, 9.17) is 34.8 Å². The van der Waals surface area contributed by atoms with Gasteiger partial charge in [-0.15, -0.1) is 0 Å². The third-order valence-corrected chi connectivity index (χ3v) is 7.79. The number of sulfonamides is 1. The summed E-state index contributed by atoms with van der Waals surface area (Å²) in [7, 11) is -3.60. The second kappa shape index (κ2) is 13.5.